The van der Waals surface area contributed by atoms with E-state index in [1.807, 2.05) is 30.2 Å². The predicted octanol–water partition coefficient (Wildman–Crippen LogP) is 1.63. The molecule has 2 aliphatic rings. The van der Waals surface area contributed by atoms with Crippen LogP contribution in [-0.2, 0) is 24.4 Å². The normalized spacial score (nSPS) is 21.5. The summed E-state index contributed by atoms with van der Waals surface area (Å²) in [5, 5.41) is 4.29. The van der Waals surface area contributed by atoms with Crippen molar-refractivity contribution in [3.8, 4) is 0 Å². The van der Waals surface area contributed by atoms with Gasteiger partial charge in [-0.2, -0.15) is 5.10 Å². The molecule has 0 N–H and O–H groups in total. The summed E-state index contributed by atoms with van der Waals surface area (Å²) < 4.78 is 9.22. The van der Waals surface area contributed by atoms with E-state index in [-0.39, 0.29) is 5.56 Å². The first-order valence-electron chi connectivity index (χ1n) is 10.7. The van der Waals surface area contributed by atoms with Crippen LogP contribution in [0.3, 0.4) is 0 Å². The summed E-state index contributed by atoms with van der Waals surface area (Å²) in [6.45, 7) is 7.27. The molecule has 2 aromatic heterocycles. The van der Waals surface area contributed by atoms with E-state index in [1.165, 1.54) is 12.1 Å². The van der Waals surface area contributed by atoms with Crippen LogP contribution >= 0.6 is 0 Å². The van der Waals surface area contributed by atoms with Crippen molar-refractivity contribution in [2.45, 2.75) is 38.4 Å². The molecule has 0 saturated carbocycles. The van der Waals surface area contributed by atoms with Gasteiger partial charge in [-0.05, 0) is 44.5 Å². The van der Waals surface area contributed by atoms with Crippen molar-refractivity contribution >= 4 is 0 Å². The summed E-state index contributed by atoms with van der Waals surface area (Å²) in [6, 6.07) is 6.23. The summed E-state index contributed by atoms with van der Waals surface area (Å²) in [5.41, 5.74) is 2.32. The predicted molar refractivity (Wildman–Crippen MR) is 113 cm³/mol. The number of rotatable bonds is 9. The van der Waals surface area contributed by atoms with Gasteiger partial charge in [-0.25, -0.2) is 0 Å². The lowest BCUT2D eigenvalue weighted by Crippen LogP contribution is -2.48. The van der Waals surface area contributed by atoms with Crippen molar-refractivity contribution in [1.82, 2.24) is 24.1 Å². The van der Waals surface area contributed by atoms with E-state index in [1.54, 1.807) is 7.11 Å². The minimum absolute atomic E-state index is 0.202. The number of fused-ring (bicyclic) bond motifs is 4. The Labute approximate surface area is 172 Å². The fraction of sp³-hybridized carbons (Fsp3) is 0.636. The number of piperidine rings is 1. The molecule has 4 heterocycles. The van der Waals surface area contributed by atoms with Crippen LogP contribution in [0.25, 0.3) is 0 Å². The maximum atomic E-state index is 13.1. The lowest BCUT2D eigenvalue weighted by atomic mass is 9.83. The molecule has 2 aromatic rings. The molecule has 2 aliphatic heterocycles. The van der Waals surface area contributed by atoms with Gasteiger partial charge in [-0.15, -0.1) is 0 Å². The quantitative estimate of drug-likeness (QED) is 0.642. The first kappa shape index (κ1) is 20.3. The summed E-state index contributed by atoms with van der Waals surface area (Å²) >= 11 is 0. The molecule has 0 amide bonds. The highest BCUT2D eigenvalue weighted by molar-refractivity contribution is 5.22. The maximum Gasteiger partial charge on any atom is 0.255 e. The Morgan fingerprint density at radius 1 is 1.24 bits per heavy atom. The van der Waals surface area contributed by atoms with Crippen LogP contribution in [-0.4, -0.2) is 71.1 Å². The summed E-state index contributed by atoms with van der Waals surface area (Å²) in [7, 11) is 3.75. The van der Waals surface area contributed by atoms with Gasteiger partial charge in [0, 0.05) is 75.9 Å². The molecule has 0 aromatic carbocycles. The van der Waals surface area contributed by atoms with E-state index >= 15 is 0 Å². The van der Waals surface area contributed by atoms with E-state index < -0.39 is 0 Å². The van der Waals surface area contributed by atoms with E-state index in [0.717, 1.165) is 51.3 Å². The van der Waals surface area contributed by atoms with Gasteiger partial charge in [0.15, 0.2) is 0 Å². The summed E-state index contributed by atoms with van der Waals surface area (Å²) in [5.74, 6) is 1.05. The summed E-state index contributed by atoms with van der Waals surface area (Å²) in [6.07, 6.45) is 6.18. The average molecular weight is 400 g/mol. The number of ether oxygens (including phenoxy) is 1. The molecule has 0 unspecified atom stereocenters. The molecule has 7 heteroatoms. The Balaban J connectivity index is 1.40. The third kappa shape index (κ3) is 4.79. The Hall–Kier alpha value is -1.96. The minimum atomic E-state index is 0.202. The van der Waals surface area contributed by atoms with Crippen molar-refractivity contribution in [3.05, 3.63) is 52.2 Å². The topological polar surface area (TPSA) is 55.5 Å². The number of hydrogen-bond donors (Lipinski definition) is 0. The number of methoxy groups -OCH3 is 1. The molecule has 0 spiro atoms. The fourth-order valence-corrected chi connectivity index (χ4v) is 4.90. The van der Waals surface area contributed by atoms with Crippen LogP contribution in [0, 0.1) is 5.92 Å². The Morgan fingerprint density at radius 2 is 2.14 bits per heavy atom. The van der Waals surface area contributed by atoms with Crippen LogP contribution < -0.4 is 5.56 Å². The lowest BCUT2D eigenvalue weighted by Gasteiger charge is -2.43. The van der Waals surface area contributed by atoms with Gasteiger partial charge in [0.25, 0.3) is 5.56 Å². The van der Waals surface area contributed by atoms with Crippen LogP contribution in [0.5, 0.6) is 0 Å². The van der Waals surface area contributed by atoms with Crippen LogP contribution in [0.4, 0.5) is 0 Å². The molecular weight excluding hydrogens is 366 g/mol. The maximum absolute atomic E-state index is 13.1. The third-order valence-electron chi connectivity index (χ3n) is 6.30. The first-order valence-corrected chi connectivity index (χ1v) is 10.7. The fourth-order valence-electron chi connectivity index (χ4n) is 4.90. The number of likely N-dealkylation sites (tertiary alicyclic amines) is 1. The molecule has 1 saturated heterocycles. The zero-order chi connectivity index (χ0) is 20.2. The lowest BCUT2D eigenvalue weighted by molar-refractivity contribution is 0.117. The number of aryl methyl sites for hydroxylation is 1. The second-order valence-electron chi connectivity index (χ2n) is 8.61. The van der Waals surface area contributed by atoms with Crippen LogP contribution in [0.1, 0.15) is 30.0 Å². The summed E-state index contributed by atoms with van der Waals surface area (Å²) in [4.78, 5) is 17.9. The molecular formula is C22H33N5O2. The number of likely N-dealkylation sites (N-methyl/N-ethyl adjacent to an activating group) is 1. The van der Waals surface area contributed by atoms with E-state index in [0.29, 0.717) is 25.0 Å². The van der Waals surface area contributed by atoms with Gasteiger partial charge in [0.05, 0.1) is 6.61 Å². The standard InChI is InChI=1S/C22H33N5O2/c1-24(11-12-29-2)16-19-5-6-21-20-13-18(15-27(21)22(19)28)14-25(17-20)8-4-10-26-9-3-7-23-26/h3,5-7,9,18,20H,4,8,10-17H2,1-2H3/t18-,20+/m0/s1. The smallest absolute Gasteiger partial charge is 0.255 e. The molecule has 0 aliphatic carbocycles. The first-order chi connectivity index (χ1) is 14.1. The van der Waals surface area contributed by atoms with E-state index in [2.05, 4.69) is 31.6 Å². The van der Waals surface area contributed by atoms with Crippen molar-refractivity contribution in [3.63, 3.8) is 0 Å². The van der Waals surface area contributed by atoms with E-state index in [4.69, 9.17) is 4.74 Å². The number of pyridine rings is 1. The van der Waals surface area contributed by atoms with Crippen molar-refractivity contribution in [1.29, 1.82) is 0 Å². The largest absolute Gasteiger partial charge is 0.383 e. The zero-order valence-electron chi connectivity index (χ0n) is 17.7. The number of nitrogens with zero attached hydrogens (tertiary/aromatic N) is 5. The molecule has 158 valence electrons. The van der Waals surface area contributed by atoms with Gasteiger partial charge in [0.1, 0.15) is 0 Å². The van der Waals surface area contributed by atoms with Crippen molar-refractivity contribution < 1.29 is 4.74 Å². The van der Waals surface area contributed by atoms with Crippen molar-refractivity contribution in [2.24, 2.45) is 5.92 Å². The van der Waals surface area contributed by atoms with Gasteiger partial charge in [-0.3, -0.25) is 14.4 Å². The highest BCUT2D eigenvalue weighted by atomic mass is 16.5. The Kier molecular flexibility index (Phi) is 6.47. The van der Waals surface area contributed by atoms with Crippen LogP contribution in [0.2, 0.25) is 0 Å². The number of aromatic nitrogens is 3. The second kappa shape index (κ2) is 9.24. The van der Waals surface area contributed by atoms with Gasteiger partial charge in [-0.1, -0.05) is 6.07 Å². The second-order valence-corrected chi connectivity index (χ2v) is 8.61. The molecule has 2 bridgehead atoms. The van der Waals surface area contributed by atoms with Gasteiger partial charge < -0.3 is 14.2 Å². The number of hydrogen-bond acceptors (Lipinski definition) is 5. The highest BCUT2D eigenvalue weighted by Crippen LogP contribution is 2.35. The van der Waals surface area contributed by atoms with Gasteiger partial charge >= 0.3 is 0 Å². The van der Waals surface area contributed by atoms with Crippen LogP contribution in [0.15, 0.2) is 35.4 Å². The van der Waals surface area contributed by atoms with Gasteiger partial charge in [0.2, 0.25) is 0 Å². The molecule has 0 radical (unpaired) electrons. The van der Waals surface area contributed by atoms with E-state index in [9.17, 15) is 4.79 Å². The Morgan fingerprint density at radius 3 is 2.93 bits per heavy atom. The molecule has 29 heavy (non-hydrogen) atoms. The molecule has 1 fully saturated rings. The monoisotopic (exact) mass is 399 g/mol. The zero-order valence-corrected chi connectivity index (χ0v) is 17.7. The average Bonchev–Trinajstić information content (AvgIpc) is 3.22. The SMILES string of the molecule is COCCN(C)Cc1ccc2n(c1=O)C[C@H]1C[C@@H]2CN(CCCn2cccn2)C1. The van der Waals surface area contributed by atoms with Crippen molar-refractivity contribution in [2.75, 3.05) is 46.9 Å². The molecule has 7 nitrogen and oxygen atoms in total. The molecule has 2 atom stereocenters. The third-order valence-corrected chi connectivity index (χ3v) is 6.30. The molecule has 4 rings (SSSR count). The minimum Gasteiger partial charge on any atom is -0.383 e. The highest BCUT2D eigenvalue weighted by Gasteiger charge is 2.34. The Bertz CT molecular complexity index is 847.